The number of hydrogen-bond acceptors (Lipinski definition) is 3. The minimum atomic E-state index is -0.303. The summed E-state index contributed by atoms with van der Waals surface area (Å²) in [5, 5.41) is 3.34. The second-order valence-electron chi connectivity index (χ2n) is 3.91. The molecular formula is C13H20FNO2. The molecular weight excluding hydrogens is 221 g/mol. The van der Waals surface area contributed by atoms with E-state index >= 15 is 0 Å². The molecule has 4 heteroatoms. The van der Waals surface area contributed by atoms with E-state index in [2.05, 4.69) is 12.2 Å². The van der Waals surface area contributed by atoms with Crippen LogP contribution < -0.4 is 10.1 Å². The molecule has 0 aliphatic rings. The summed E-state index contributed by atoms with van der Waals surface area (Å²) < 4.78 is 23.4. The zero-order valence-electron chi connectivity index (χ0n) is 10.6. The van der Waals surface area contributed by atoms with E-state index in [0.29, 0.717) is 5.75 Å². The van der Waals surface area contributed by atoms with Crippen molar-refractivity contribution < 1.29 is 13.9 Å². The summed E-state index contributed by atoms with van der Waals surface area (Å²) in [6, 6.07) is 4.70. The van der Waals surface area contributed by atoms with Crippen LogP contribution in [0.4, 0.5) is 4.39 Å². The lowest BCUT2D eigenvalue weighted by Gasteiger charge is -2.17. The van der Waals surface area contributed by atoms with Gasteiger partial charge in [0.15, 0.2) is 6.79 Å². The van der Waals surface area contributed by atoms with Gasteiger partial charge in [0.2, 0.25) is 0 Å². The first-order valence-electron chi connectivity index (χ1n) is 5.83. The number of methoxy groups -OCH3 is 1. The van der Waals surface area contributed by atoms with Crippen LogP contribution in [0.2, 0.25) is 0 Å². The smallest absolute Gasteiger partial charge is 0.188 e. The molecule has 0 radical (unpaired) electrons. The first kappa shape index (κ1) is 13.9. The molecule has 1 aromatic rings. The lowest BCUT2D eigenvalue weighted by atomic mass is 10.1. The molecule has 0 aliphatic carbocycles. The van der Waals surface area contributed by atoms with Gasteiger partial charge >= 0.3 is 0 Å². The van der Waals surface area contributed by atoms with Crippen LogP contribution >= 0.6 is 0 Å². The highest BCUT2D eigenvalue weighted by Gasteiger charge is 2.12. The van der Waals surface area contributed by atoms with E-state index in [0.717, 1.165) is 18.5 Å². The third-order valence-electron chi connectivity index (χ3n) is 2.47. The van der Waals surface area contributed by atoms with Gasteiger partial charge in [0.1, 0.15) is 11.6 Å². The summed E-state index contributed by atoms with van der Waals surface area (Å²) in [5.41, 5.74) is 0.942. The molecule has 0 saturated carbocycles. The highest BCUT2D eigenvalue weighted by molar-refractivity contribution is 5.36. The Kier molecular flexibility index (Phi) is 5.94. The molecule has 1 aromatic carbocycles. The van der Waals surface area contributed by atoms with Gasteiger partial charge in [0, 0.05) is 24.8 Å². The van der Waals surface area contributed by atoms with Gasteiger partial charge < -0.3 is 14.8 Å². The molecule has 1 rings (SSSR count). The molecule has 0 heterocycles. The molecule has 0 aliphatic heterocycles. The van der Waals surface area contributed by atoms with Gasteiger partial charge in [-0.2, -0.15) is 0 Å². The fourth-order valence-corrected chi connectivity index (χ4v) is 1.58. The van der Waals surface area contributed by atoms with Crippen molar-refractivity contribution in [3.05, 3.63) is 29.6 Å². The molecule has 17 heavy (non-hydrogen) atoms. The van der Waals surface area contributed by atoms with E-state index in [1.807, 2.05) is 6.92 Å². The molecule has 0 amide bonds. The van der Waals surface area contributed by atoms with E-state index in [1.165, 1.54) is 19.2 Å². The first-order chi connectivity index (χ1) is 8.19. The summed E-state index contributed by atoms with van der Waals surface area (Å²) in [5.74, 6) is 0.227. The van der Waals surface area contributed by atoms with Gasteiger partial charge in [-0.15, -0.1) is 0 Å². The topological polar surface area (TPSA) is 30.5 Å². The van der Waals surface area contributed by atoms with E-state index < -0.39 is 0 Å². The Bertz CT molecular complexity index is 344. The zero-order chi connectivity index (χ0) is 12.7. The molecule has 1 N–H and O–H groups in total. The summed E-state index contributed by atoms with van der Waals surface area (Å²) in [6.45, 7) is 5.18. The fraction of sp³-hybridized carbons (Fsp3) is 0.538. The Morgan fingerprint density at radius 2 is 2.18 bits per heavy atom. The van der Waals surface area contributed by atoms with Crippen LogP contribution in [0.3, 0.4) is 0 Å². The summed E-state index contributed by atoms with van der Waals surface area (Å²) in [4.78, 5) is 0. The highest BCUT2D eigenvalue weighted by Crippen LogP contribution is 2.26. The summed E-state index contributed by atoms with van der Waals surface area (Å²) in [7, 11) is 1.54. The normalized spacial score (nSPS) is 12.5. The third-order valence-corrected chi connectivity index (χ3v) is 2.47. The Balaban J connectivity index is 2.80. The van der Waals surface area contributed by atoms with Gasteiger partial charge in [-0.3, -0.25) is 0 Å². The van der Waals surface area contributed by atoms with Crippen LogP contribution in [0.5, 0.6) is 5.75 Å². The van der Waals surface area contributed by atoms with E-state index in [9.17, 15) is 4.39 Å². The molecule has 1 atom stereocenters. The Morgan fingerprint density at radius 3 is 2.82 bits per heavy atom. The van der Waals surface area contributed by atoms with Gasteiger partial charge in [0.25, 0.3) is 0 Å². The van der Waals surface area contributed by atoms with Crippen molar-refractivity contribution in [2.24, 2.45) is 0 Å². The molecule has 0 spiro atoms. The predicted octanol–water partition coefficient (Wildman–Crippen LogP) is 2.87. The maximum atomic E-state index is 13.1. The van der Waals surface area contributed by atoms with E-state index in [4.69, 9.17) is 9.47 Å². The second-order valence-corrected chi connectivity index (χ2v) is 3.91. The number of nitrogens with one attached hydrogen (secondary N) is 1. The molecule has 0 fully saturated rings. The van der Waals surface area contributed by atoms with Crippen LogP contribution in [-0.2, 0) is 4.74 Å². The van der Waals surface area contributed by atoms with Crippen molar-refractivity contribution in [3.8, 4) is 5.75 Å². The molecule has 0 bridgehead atoms. The average molecular weight is 241 g/mol. The van der Waals surface area contributed by atoms with Crippen molar-refractivity contribution in [2.75, 3.05) is 20.4 Å². The number of hydrogen-bond donors (Lipinski definition) is 1. The minimum absolute atomic E-state index is 0.122. The number of halogens is 1. The van der Waals surface area contributed by atoms with Crippen molar-refractivity contribution in [1.82, 2.24) is 5.32 Å². The van der Waals surface area contributed by atoms with Gasteiger partial charge in [-0.25, -0.2) is 4.39 Å². The summed E-state index contributed by atoms with van der Waals surface area (Å²) in [6.07, 6.45) is 1.06. The first-order valence-corrected chi connectivity index (χ1v) is 5.83. The molecule has 1 unspecified atom stereocenters. The Morgan fingerprint density at radius 1 is 1.41 bits per heavy atom. The molecule has 0 saturated heterocycles. The quantitative estimate of drug-likeness (QED) is 0.745. The minimum Gasteiger partial charge on any atom is -0.467 e. The average Bonchev–Trinajstić information content (AvgIpc) is 2.33. The van der Waals surface area contributed by atoms with Crippen molar-refractivity contribution in [3.63, 3.8) is 0 Å². The third kappa shape index (κ3) is 4.32. The lowest BCUT2D eigenvalue weighted by Crippen LogP contribution is -2.20. The van der Waals surface area contributed by atoms with Gasteiger partial charge in [0.05, 0.1) is 0 Å². The van der Waals surface area contributed by atoms with Crippen molar-refractivity contribution in [1.29, 1.82) is 0 Å². The van der Waals surface area contributed by atoms with Crippen LogP contribution in [0.1, 0.15) is 31.9 Å². The zero-order valence-corrected chi connectivity index (χ0v) is 10.6. The Hall–Kier alpha value is -1.13. The molecule has 3 nitrogen and oxygen atoms in total. The van der Waals surface area contributed by atoms with Crippen LogP contribution in [0.25, 0.3) is 0 Å². The van der Waals surface area contributed by atoms with Crippen molar-refractivity contribution >= 4 is 0 Å². The second kappa shape index (κ2) is 7.25. The van der Waals surface area contributed by atoms with Gasteiger partial charge in [-0.1, -0.05) is 13.0 Å². The van der Waals surface area contributed by atoms with Gasteiger partial charge in [-0.05, 0) is 26.0 Å². The highest BCUT2D eigenvalue weighted by atomic mass is 19.1. The largest absolute Gasteiger partial charge is 0.467 e. The van der Waals surface area contributed by atoms with Crippen LogP contribution in [0, 0.1) is 5.82 Å². The lowest BCUT2D eigenvalue weighted by molar-refractivity contribution is 0.0499. The van der Waals surface area contributed by atoms with E-state index in [-0.39, 0.29) is 18.7 Å². The standard InChI is InChI=1S/C13H20FNO2/c1-4-7-15-10(2)12-6-5-11(14)8-13(12)17-9-16-3/h5-6,8,10,15H,4,7,9H2,1-3H3. The molecule has 96 valence electrons. The number of rotatable bonds is 7. The maximum absolute atomic E-state index is 13.1. The predicted molar refractivity (Wildman–Crippen MR) is 65.6 cm³/mol. The molecule has 0 aromatic heterocycles. The fourth-order valence-electron chi connectivity index (χ4n) is 1.58. The Labute approximate surface area is 102 Å². The SMILES string of the molecule is CCCNC(C)c1ccc(F)cc1OCOC. The number of benzene rings is 1. The van der Waals surface area contributed by atoms with Crippen LogP contribution in [0.15, 0.2) is 18.2 Å². The monoisotopic (exact) mass is 241 g/mol. The van der Waals surface area contributed by atoms with Crippen molar-refractivity contribution in [2.45, 2.75) is 26.3 Å². The van der Waals surface area contributed by atoms with E-state index in [1.54, 1.807) is 6.07 Å². The summed E-state index contributed by atoms with van der Waals surface area (Å²) >= 11 is 0. The van der Waals surface area contributed by atoms with Crippen LogP contribution in [-0.4, -0.2) is 20.4 Å². The maximum Gasteiger partial charge on any atom is 0.188 e. The number of ether oxygens (including phenoxy) is 2.